The van der Waals surface area contributed by atoms with Gasteiger partial charge < -0.3 is 10.4 Å². The lowest BCUT2D eigenvalue weighted by Crippen LogP contribution is -2.42. The summed E-state index contributed by atoms with van der Waals surface area (Å²) in [6.45, 7) is -0.948. The lowest BCUT2D eigenvalue weighted by Gasteiger charge is -2.29. The number of halogens is 3. The Labute approximate surface area is 169 Å². The van der Waals surface area contributed by atoms with Gasteiger partial charge in [0.15, 0.2) is 5.69 Å². The molecule has 0 aliphatic heterocycles. The van der Waals surface area contributed by atoms with E-state index < -0.39 is 47.7 Å². The quantitative estimate of drug-likeness (QED) is 0.685. The van der Waals surface area contributed by atoms with Crippen LogP contribution in [0.15, 0.2) is 39.9 Å². The van der Waals surface area contributed by atoms with E-state index in [1.54, 1.807) is 0 Å². The van der Waals surface area contributed by atoms with Crippen LogP contribution in [0.3, 0.4) is 0 Å². The van der Waals surface area contributed by atoms with Crippen LogP contribution in [0.4, 0.5) is 13.2 Å². The van der Waals surface area contributed by atoms with Crippen LogP contribution < -0.4 is 16.6 Å². The van der Waals surface area contributed by atoms with Crippen molar-refractivity contribution in [2.45, 2.75) is 56.8 Å². The summed E-state index contributed by atoms with van der Waals surface area (Å²) in [5.74, 6) is -1.54. The average molecular weight is 425 g/mol. The van der Waals surface area contributed by atoms with Gasteiger partial charge in [0.1, 0.15) is 0 Å². The third-order valence-corrected chi connectivity index (χ3v) is 5.34. The molecule has 0 unspecified atom stereocenters. The number of aromatic hydroxyl groups is 1. The summed E-state index contributed by atoms with van der Waals surface area (Å²) >= 11 is 0. The van der Waals surface area contributed by atoms with Crippen LogP contribution >= 0.6 is 0 Å². The Kier molecular flexibility index (Phi) is 6.33. The summed E-state index contributed by atoms with van der Waals surface area (Å²) in [6, 6.07) is 9.80. The van der Waals surface area contributed by atoms with E-state index in [9.17, 15) is 32.7 Å². The molecule has 1 fully saturated rings. The van der Waals surface area contributed by atoms with Crippen molar-refractivity contribution < 1.29 is 23.1 Å². The van der Waals surface area contributed by atoms with Crippen LogP contribution in [0.25, 0.3) is 0 Å². The number of aromatic amines is 1. The van der Waals surface area contributed by atoms with E-state index >= 15 is 0 Å². The lowest BCUT2D eigenvalue weighted by molar-refractivity contribution is -0.137. The van der Waals surface area contributed by atoms with Gasteiger partial charge in [-0.1, -0.05) is 30.3 Å². The molecule has 1 aliphatic carbocycles. The molecule has 0 atom stereocenters. The second-order valence-corrected chi connectivity index (χ2v) is 7.41. The van der Waals surface area contributed by atoms with Gasteiger partial charge in [-0.05, 0) is 37.2 Å². The fourth-order valence-electron chi connectivity index (χ4n) is 3.72. The number of nitrogens with one attached hydrogen (secondary N) is 2. The molecule has 1 aromatic carbocycles. The highest BCUT2D eigenvalue weighted by atomic mass is 19.4. The molecule has 1 saturated carbocycles. The Morgan fingerprint density at radius 3 is 2.37 bits per heavy atom. The van der Waals surface area contributed by atoms with Crippen molar-refractivity contribution >= 4 is 5.91 Å². The van der Waals surface area contributed by atoms with Crippen LogP contribution in [0, 0.1) is 0 Å². The van der Waals surface area contributed by atoms with Crippen molar-refractivity contribution in [3.63, 3.8) is 0 Å². The average Bonchev–Trinajstić information content (AvgIpc) is 2.71. The maximum atomic E-state index is 12.4. The Morgan fingerprint density at radius 2 is 1.77 bits per heavy atom. The summed E-state index contributed by atoms with van der Waals surface area (Å²) in [6.07, 6.45) is -2.94. The van der Waals surface area contributed by atoms with E-state index in [0.29, 0.717) is 18.8 Å². The van der Waals surface area contributed by atoms with E-state index in [-0.39, 0.29) is 10.6 Å². The number of benzene rings is 1. The van der Waals surface area contributed by atoms with Gasteiger partial charge >= 0.3 is 11.9 Å². The fourth-order valence-corrected chi connectivity index (χ4v) is 3.72. The molecule has 7 nitrogen and oxygen atoms in total. The van der Waals surface area contributed by atoms with Gasteiger partial charge in [0, 0.05) is 12.6 Å². The minimum absolute atomic E-state index is 0.201. The molecule has 30 heavy (non-hydrogen) atoms. The van der Waals surface area contributed by atoms with Gasteiger partial charge in [-0.15, -0.1) is 0 Å². The van der Waals surface area contributed by atoms with Crippen LogP contribution in [-0.2, 0) is 6.54 Å². The largest absolute Gasteiger partial charge is 0.501 e. The molecule has 1 aliphatic rings. The summed E-state index contributed by atoms with van der Waals surface area (Å²) in [5.41, 5.74) is -1.92. The van der Waals surface area contributed by atoms with E-state index in [4.69, 9.17) is 0 Å². The van der Waals surface area contributed by atoms with Gasteiger partial charge in [0.2, 0.25) is 5.75 Å². The van der Waals surface area contributed by atoms with Crippen LogP contribution in [-0.4, -0.2) is 32.8 Å². The van der Waals surface area contributed by atoms with Crippen LogP contribution in [0.5, 0.6) is 5.75 Å². The molecule has 0 bridgehead atoms. The van der Waals surface area contributed by atoms with E-state index in [0.717, 1.165) is 12.8 Å². The predicted octanol–water partition coefficient (Wildman–Crippen LogP) is 2.65. The molecular weight excluding hydrogens is 403 g/mol. The van der Waals surface area contributed by atoms with Gasteiger partial charge in [0.05, 0.1) is 6.42 Å². The predicted molar refractivity (Wildman–Crippen MR) is 103 cm³/mol. The van der Waals surface area contributed by atoms with Crippen molar-refractivity contribution in [3.8, 4) is 5.75 Å². The zero-order chi connectivity index (χ0) is 21.9. The number of amides is 1. The highest BCUT2D eigenvalue weighted by Crippen LogP contribution is 2.32. The molecule has 3 N–H and O–H groups in total. The Balaban J connectivity index is 1.66. The van der Waals surface area contributed by atoms with Crippen molar-refractivity contribution in [1.82, 2.24) is 14.9 Å². The van der Waals surface area contributed by atoms with Gasteiger partial charge in [-0.3, -0.25) is 19.1 Å². The van der Waals surface area contributed by atoms with Crippen molar-refractivity contribution in [2.24, 2.45) is 0 Å². The second kappa shape index (κ2) is 8.76. The number of carbonyl (C=O) groups is 1. The Bertz CT molecular complexity index is 1010. The lowest BCUT2D eigenvalue weighted by atomic mass is 9.82. The number of H-pyrrole nitrogens is 1. The van der Waals surface area contributed by atoms with E-state index in [1.165, 1.54) is 5.56 Å². The smallest absolute Gasteiger partial charge is 0.390 e. The van der Waals surface area contributed by atoms with E-state index in [2.05, 4.69) is 17.4 Å². The van der Waals surface area contributed by atoms with Gasteiger partial charge in [0.25, 0.3) is 11.5 Å². The SMILES string of the molecule is O=C(NC1CCC(c2ccccc2)CC1)c1[nH]c(=O)n(CCC(F)(F)F)c(=O)c1O. The van der Waals surface area contributed by atoms with Crippen LogP contribution in [0.1, 0.15) is 54.1 Å². The molecule has 3 rings (SSSR count). The minimum Gasteiger partial charge on any atom is -0.501 e. The van der Waals surface area contributed by atoms with Crippen molar-refractivity contribution in [1.29, 1.82) is 0 Å². The van der Waals surface area contributed by atoms with Gasteiger partial charge in [-0.2, -0.15) is 13.2 Å². The summed E-state index contributed by atoms with van der Waals surface area (Å²) in [5, 5.41) is 12.7. The third-order valence-electron chi connectivity index (χ3n) is 5.34. The van der Waals surface area contributed by atoms with Crippen molar-refractivity contribution in [2.75, 3.05) is 0 Å². The third kappa shape index (κ3) is 5.11. The first-order valence-corrected chi connectivity index (χ1v) is 9.64. The van der Waals surface area contributed by atoms with Crippen LogP contribution in [0.2, 0.25) is 0 Å². The summed E-state index contributed by atoms with van der Waals surface area (Å²) in [4.78, 5) is 38.5. The maximum absolute atomic E-state index is 12.4. The first-order chi connectivity index (χ1) is 14.2. The fraction of sp³-hybridized carbons (Fsp3) is 0.450. The number of aromatic nitrogens is 2. The molecule has 2 aromatic rings. The summed E-state index contributed by atoms with van der Waals surface area (Å²) in [7, 11) is 0. The maximum Gasteiger partial charge on any atom is 0.390 e. The first kappa shape index (κ1) is 21.7. The zero-order valence-corrected chi connectivity index (χ0v) is 16.0. The zero-order valence-electron chi connectivity index (χ0n) is 16.0. The summed E-state index contributed by atoms with van der Waals surface area (Å²) < 4.78 is 37.3. The number of hydrogen-bond acceptors (Lipinski definition) is 4. The highest BCUT2D eigenvalue weighted by Gasteiger charge is 2.29. The molecule has 0 spiro atoms. The topological polar surface area (TPSA) is 104 Å². The van der Waals surface area contributed by atoms with Crippen molar-refractivity contribution in [3.05, 3.63) is 62.4 Å². The second-order valence-electron chi connectivity index (χ2n) is 7.41. The molecule has 10 heteroatoms. The highest BCUT2D eigenvalue weighted by molar-refractivity contribution is 5.94. The first-order valence-electron chi connectivity index (χ1n) is 9.64. The molecule has 1 amide bonds. The molecule has 1 heterocycles. The Morgan fingerprint density at radius 1 is 1.13 bits per heavy atom. The van der Waals surface area contributed by atoms with E-state index in [1.807, 2.05) is 23.2 Å². The van der Waals surface area contributed by atoms with Gasteiger partial charge in [-0.25, -0.2) is 4.79 Å². The minimum atomic E-state index is -4.57. The molecular formula is C20H22F3N3O4. The monoisotopic (exact) mass is 425 g/mol. The molecule has 1 aromatic heterocycles. The number of hydrogen-bond donors (Lipinski definition) is 3. The molecule has 0 radical (unpaired) electrons. The number of carbonyl (C=O) groups excluding carboxylic acids is 1. The Hall–Kier alpha value is -3.04. The molecule has 0 saturated heterocycles. The number of alkyl halides is 3. The standard InChI is InChI=1S/C20H22F3N3O4/c21-20(22,23)10-11-26-18(29)16(27)15(25-19(26)30)17(28)24-14-8-6-13(7-9-14)12-4-2-1-3-5-12/h1-5,13-14,27H,6-11H2,(H,24,28)(H,25,30). The normalized spacial score (nSPS) is 19.4. The molecule has 162 valence electrons. The number of rotatable bonds is 5. The number of nitrogens with zero attached hydrogens (tertiary/aromatic N) is 1.